The minimum absolute atomic E-state index is 0.0357. The first-order valence-electron chi connectivity index (χ1n) is 9.05. The SMILES string of the molecule is C/C=C/C(=O)OCC(=O)Nc1cc(S(=O)(=O)N(CC)CC)ccc1OC(C)C. The van der Waals surface area contributed by atoms with E-state index >= 15 is 0 Å². The first-order valence-corrected chi connectivity index (χ1v) is 10.5. The van der Waals surface area contributed by atoms with Crippen molar-refractivity contribution >= 4 is 27.6 Å². The molecule has 0 aromatic heterocycles. The maximum Gasteiger partial charge on any atom is 0.330 e. The highest BCUT2D eigenvalue weighted by atomic mass is 32.2. The van der Waals surface area contributed by atoms with Crippen LogP contribution in [0, 0.1) is 0 Å². The Kier molecular flexibility index (Phi) is 9.14. The number of carbonyl (C=O) groups is 2. The summed E-state index contributed by atoms with van der Waals surface area (Å²) in [5, 5.41) is 2.55. The van der Waals surface area contributed by atoms with Crippen molar-refractivity contribution in [3.8, 4) is 5.75 Å². The fourth-order valence-electron chi connectivity index (χ4n) is 2.34. The molecule has 1 N–H and O–H groups in total. The quantitative estimate of drug-likeness (QED) is 0.468. The first kappa shape index (κ1) is 23.6. The Labute approximate surface area is 166 Å². The Hall–Kier alpha value is -2.39. The molecular weight excluding hydrogens is 384 g/mol. The molecule has 0 aliphatic carbocycles. The molecule has 0 heterocycles. The van der Waals surface area contributed by atoms with Gasteiger partial charge < -0.3 is 14.8 Å². The third-order valence-electron chi connectivity index (χ3n) is 3.58. The normalized spacial score (nSPS) is 11.8. The minimum atomic E-state index is -3.71. The Bertz CT molecular complexity index is 814. The molecule has 9 heteroatoms. The highest BCUT2D eigenvalue weighted by Gasteiger charge is 2.23. The molecule has 1 aromatic rings. The van der Waals surface area contributed by atoms with E-state index in [0.29, 0.717) is 18.8 Å². The van der Waals surface area contributed by atoms with Crippen molar-refractivity contribution in [2.75, 3.05) is 25.0 Å². The van der Waals surface area contributed by atoms with Crippen LogP contribution in [0.1, 0.15) is 34.6 Å². The monoisotopic (exact) mass is 412 g/mol. The van der Waals surface area contributed by atoms with Crippen molar-refractivity contribution in [2.45, 2.75) is 45.6 Å². The molecule has 28 heavy (non-hydrogen) atoms. The van der Waals surface area contributed by atoms with E-state index in [-0.39, 0.29) is 16.7 Å². The molecule has 0 saturated carbocycles. The average Bonchev–Trinajstić information content (AvgIpc) is 2.62. The van der Waals surface area contributed by atoms with Crippen molar-refractivity contribution in [1.82, 2.24) is 4.31 Å². The highest BCUT2D eigenvalue weighted by Crippen LogP contribution is 2.30. The van der Waals surface area contributed by atoms with Crippen LogP contribution in [0.3, 0.4) is 0 Å². The van der Waals surface area contributed by atoms with Crippen molar-refractivity contribution in [1.29, 1.82) is 0 Å². The lowest BCUT2D eigenvalue weighted by atomic mass is 10.3. The van der Waals surface area contributed by atoms with E-state index in [4.69, 9.17) is 9.47 Å². The highest BCUT2D eigenvalue weighted by molar-refractivity contribution is 7.89. The summed E-state index contributed by atoms with van der Waals surface area (Å²) in [5.41, 5.74) is 0.189. The van der Waals surface area contributed by atoms with Crippen molar-refractivity contribution in [3.05, 3.63) is 30.4 Å². The van der Waals surface area contributed by atoms with Gasteiger partial charge in [0.1, 0.15) is 5.75 Å². The fraction of sp³-hybridized carbons (Fsp3) is 0.474. The fourth-order valence-corrected chi connectivity index (χ4v) is 3.83. The van der Waals surface area contributed by atoms with Gasteiger partial charge in [-0.3, -0.25) is 4.79 Å². The smallest absolute Gasteiger partial charge is 0.330 e. The third kappa shape index (κ3) is 6.65. The lowest BCUT2D eigenvalue weighted by Gasteiger charge is -2.20. The molecule has 0 aliphatic heterocycles. The van der Waals surface area contributed by atoms with Gasteiger partial charge in [0.05, 0.1) is 16.7 Å². The Morgan fingerprint density at radius 2 is 1.86 bits per heavy atom. The number of amides is 1. The van der Waals surface area contributed by atoms with Gasteiger partial charge in [-0.1, -0.05) is 19.9 Å². The van der Waals surface area contributed by atoms with Crippen molar-refractivity contribution in [2.24, 2.45) is 0 Å². The predicted octanol–water partition coefficient (Wildman–Crippen LogP) is 2.56. The lowest BCUT2D eigenvalue weighted by molar-refractivity contribution is -0.142. The molecule has 0 fully saturated rings. The zero-order valence-corrected chi connectivity index (χ0v) is 17.7. The molecule has 8 nitrogen and oxygen atoms in total. The summed E-state index contributed by atoms with van der Waals surface area (Å²) in [7, 11) is -3.71. The number of nitrogens with zero attached hydrogens (tertiary/aromatic N) is 1. The summed E-state index contributed by atoms with van der Waals surface area (Å²) in [6, 6.07) is 4.28. The maximum atomic E-state index is 12.7. The molecular formula is C19H28N2O6S. The number of hydrogen-bond acceptors (Lipinski definition) is 6. The second kappa shape index (κ2) is 10.8. The lowest BCUT2D eigenvalue weighted by Crippen LogP contribution is -2.30. The summed E-state index contributed by atoms with van der Waals surface area (Å²) >= 11 is 0. The molecule has 0 bridgehead atoms. The molecule has 0 spiro atoms. The molecule has 0 atom stereocenters. The summed E-state index contributed by atoms with van der Waals surface area (Å²) in [5.74, 6) is -0.931. The predicted molar refractivity (Wildman–Crippen MR) is 107 cm³/mol. The van der Waals surface area contributed by atoms with Crippen LogP contribution < -0.4 is 10.1 Å². The Morgan fingerprint density at radius 1 is 1.21 bits per heavy atom. The van der Waals surface area contributed by atoms with Gasteiger partial charge in [0.25, 0.3) is 5.91 Å². The molecule has 1 amide bonds. The Balaban J connectivity index is 3.15. The van der Waals surface area contributed by atoms with E-state index in [1.54, 1.807) is 20.8 Å². The van der Waals surface area contributed by atoms with Gasteiger partial charge in [0.2, 0.25) is 10.0 Å². The number of ether oxygens (including phenoxy) is 2. The average molecular weight is 413 g/mol. The second-order valence-electron chi connectivity index (χ2n) is 6.07. The topological polar surface area (TPSA) is 102 Å². The van der Waals surface area contributed by atoms with Gasteiger partial charge in [-0.15, -0.1) is 0 Å². The number of hydrogen-bond donors (Lipinski definition) is 1. The van der Waals surface area contributed by atoms with Gasteiger partial charge >= 0.3 is 5.97 Å². The maximum absolute atomic E-state index is 12.7. The van der Waals surface area contributed by atoms with Crippen LogP contribution >= 0.6 is 0 Å². The number of rotatable bonds is 10. The van der Waals surface area contributed by atoms with Crippen molar-refractivity contribution < 1.29 is 27.5 Å². The zero-order chi connectivity index (χ0) is 21.3. The van der Waals surface area contributed by atoms with Crippen LogP contribution in [-0.4, -0.2) is 50.4 Å². The van der Waals surface area contributed by atoms with Crippen LogP contribution in [-0.2, 0) is 24.3 Å². The molecule has 0 aliphatic rings. The molecule has 0 saturated heterocycles. The van der Waals surface area contributed by atoms with Crippen LogP contribution in [0.4, 0.5) is 5.69 Å². The largest absolute Gasteiger partial charge is 0.489 e. The number of esters is 1. The number of nitrogens with one attached hydrogen (secondary N) is 1. The number of benzene rings is 1. The Morgan fingerprint density at radius 3 is 2.39 bits per heavy atom. The summed E-state index contributed by atoms with van der Waals surface area (Å²) in [6.45, 7) is 8.92. The summed E-state index contributed by atoms with van der Waals surface area (Å²) in [4.78, 5) is 23.5. The number of sulfonamides is 1. The van der Waals surface area contributed by atoms with Gasteiger partial charge in [-0.25, -0.2) is 13.2 Å². The molecule has 1 rings (SSSR count). The van der Waals surface area contributed by atoms with E-state index in [1.807, 2.05) is 13.8 Å². The standard InChI is InChI=1S/C19H28N2O6S/c1-6-9-19(23)26-13-18(22)20-16-12-15(10-11-17(16)27-14(4)5)28(24,25)21(7-2)8-3/h6,9-12,14H,7-8,13H2,1-5H3,(H,20,22)/b9-6+. The summed E-state index contributed by atoms with van der Waals surface area (Å²) < 4.78 is 37.3. The van der Waals surface area contributed by atoms with Gasteiger partial charge in [0, 0.05) is 19.2 Å². The molecule has 156 valence electrons. The van der Waals surface area contributed by atoms with Gasteiger partial charge in [0.15, 0.2) is 6.61 Å². The third-order valence-corrected chi connectivity index (χ3v) is 5.63. The van der Waals surface area contributed by atoms with Gasteiger partial charge in [-0.2, -0.15) is 4.31 Å². The number of allylic oxidation sites excluding steroid dienone is 1. The van der Waals surface area contributed by atoms with Crippen LogP contribution in [0.2, 0.25) is 0 Å². The van der Waals surface area contributed by atoms with Crippen LogP contribution in [0.15, 0.2) is 35.2 Å². The van der Waals surface area contributed by atoms with E-state index in [1.165, 1.54) is 34.7 Å². The van der Waals surface area contributed by atoms with Crippen LogP contribution in [0.5, 0.6) is 5.75 Å². The number of anilines is 1. The van der Waals surface area contributed by atoms with Crippen molar-refractivity contribution in [3.63, 3.8) is 0 Å². The minimum Gasteiger partial charge on any atom is -0.489 e. The second-order valence-corrected chi connectivity index (χ2v) is 8.01. The van der Waals surface area contributed by atoms with E-state index in [9.17, 15) is 18.0 Å². The van der Waals surface area contributed by atoms with Crippen LogP contribution in [0.25, 0.3) is 0 Å². The zero-order valence-electron chi connectivity index (χ0n) is 16.9. The first-order chi connectivity index (χ1) is 13.1. The van der Waals surface area contributed by atoms with Gasteiger partial charge in [-0.05, 0) is 39.0 Å². The molecule has 0 radical (unpaired) electrons. The molecule has 1 aromatic carbocycles. The molecule has 0 unspecified atom stereocenters. The van der Waals surface area contributed by atoms with E-state index < -0.39 is 28.5 Å². The number of carbonyl (C=O) groups excluding carboxylic acids is 2. The summed E-state index contributed by atoms with van der Waals surface area (Å²) in [6.07, 6.45) is 2.50. The van der Waals surface area contributed by atoms with E-state index in [0.717, 1.165) is 0 Å². The van der Waals surface area contributed by atoms with E-state index in [2.05, 4.69) is 5.32 Å².